The molecule has 0 radical (unpaired) electrons. The summed E-state index contributed by atoms with van der Waals surface area (Å²) in [5.41, 5.74) is 2.63. The van der Waals surface area contributed by atoms with E-state index in [1.807, 2.05) is 42.5 Å². The Kier molecular flexibility index (Phi) is 3.05. The molecule has 0 unspecified atom stereocenters. The molecule has 1 aromatic carbocycles. The third-order valence-corrected chi connectivity index (χ3v) is 3.23. The summed E-state index contributed by atoms with van der Waals surface area (Å²) in [6, 6.07) is 13.4. The highest BCUT2D eigenvalue weighted by atomic mass is 35.5. The number of hydrogen-bond acceptors (Lipinski definition) is 3. The molecule has 4 heteroatoms. The molecule has 0 amide bonds. The predicted octanol–water partition coefficient (Wildman–Crippen LogP) is 3.96. The molecule has 0 N–H and O–H groups in total. The Morgan fingerprint density at radius 3 is 2.63 bits per heavy atom. The summed E-state index contributed by atoms with van der Waals surface area (Å²) in [7, 11) is 1.64. The fraction of sp³-hybridized carbons (Fsp3) is 0.0667. The number of ether oxygens (including phenoxy) is 1. The van der Waals surface area contributed by atoms with Crippen molar-refractivity contribution in [2.75, 3.05) is 7.11 Å². The van der Waals surface area contributed by atoms with Gasteiger partial charge in [-0.05, 0) is 42.5 Å². The minimum Gasteiger partial charge on any atom is -0.497 e. The van der Waals surface area contributed by atoms with Gasteiger partial charge >= 0.3 is 0 Å². The zero-order valence-corrected chi connectivity index (χ0v) is 11.1. The smallest absolute Gasteiger partial charge is 0.139 e. The topological polar surface area (TPSA) is 35.0 Å². The third-order valence-electron chi connectivity index (χ3n) is 2.94. The molecule has 2 heterocycles. The lowest BCUT2D eigenvalue weighted by molar-refractivity contribution is 0.415. The number of halogens is 1. The Hall–Kier alpha value is -2.13. The van der Waals surface area contributed by atoms with Crippen molar-refractivity contribution in [2.24, 2.45) is 0 Å². The number of pyridine rings is 2. The molecular weight excluding hydrogens is 260 g/mol. The molecule has 0 fully saturated rings. The maximum absolute atomic E-state index is 6.19. The Morgan fingerprint density at radius 2 is 1.89 bits per heavy atom. The quantitative estimate of drug-likeness (QED) is 0.661. The molecule has 2 aromatic heterocycles. The van der Waals surface area contributed by atoms with Gasteiger partial charge in [0.05, 0.1) is 18.3 Å². The van der Waals surface area contributed by atoms with Crippen molar-refractivity contribution in [3.8, 4) is 17.0 Å². The van der Waals surface area contributed by atoms with Crippen molar-refractivity contribution in [1.82, 2.24) is 9.97 Å². The average molecular weight is 271 g/mol. The van der Waals surface area contributed by atoms with E-state index < -0.39 is 0 Å². The van der Waals surface area contributed by atoms with Gasteiger partial charge in [0.15, 0.2) is 0 Å². The maximum Gasteiger partial charge on any atom is 0.139 e. The standard InChI is InChI=1S/C15H11ClN2O/c1-19-11-6-4-10(5-7-11)13-9-14-12(15(16)18-13)3-2-8-17-14/h2-9H,1H3. The molecule has 3 nitrogen and oxygen atoms in total. The van der Waals surface area contributed by atoms with E-state index in [1.54, 1.807) is 13.3 Å². The van der Waals surface area contributed by atoms with Gasteiger partial charge in [0.2, 0.25) is 0 Å². The van der Waals surface area contributed by atoms with Gasteiger partial charge in [0.1, 0.15) is 10.9 Å². The van der Waals surface area contributed by atoms with Crippen molar-refractivity contribution in [2.45, 2.75) is 0 Å². The Labute approximate surface area is 115 Å². The van der Waals surface area contributed by atoms with Crippen LogP contribution in [-0.4, -0.2) is 17.1 Å². The molecule has 0 saturated heterocycles. The first-order valence-corrected chi connectivity index (χ1v) is 6.21. The van der Waals surface area contributed by atoms with Crippen LogP contribution in [0.1, 0.15) is 0 Å². The van der Waals surface area contributed by atoms with Gasteiger partial charge in [-0.2, -0.15) is 0 Å². The lowest BCUT2D eigenvalue weighted by atomic mass is 10.1. The van der Waals surface area contributed by atoms with E-state index >= 15 is 0 Å². The highest BCUT2D eigenvalue weighted by Crippen LogP contribution is 2.27. The van der Waals surface area contributed by atoms with Gasteiger partial charge in [-0.15, -0.1) is 0 Å². The second-order valence-electron chi connectivity index (χ2n) is 4.10. The molecule has 19 heavy (non-hydrogen) atoms. The summed E-state index contributed by atoms with van der Waals surface area (Å²) in [5.74, 6) is 0.814. The monoisotopic (exact) mass is 270 g/mol. The van der Waals surface area contributed by atoms with Crippen LogP contribution in [0, 0.1) is 0 Å². The Bertz CT molecular complexity index is 726. The fourth-order valence-corrected chi connectivity index (χ4v) is 2.20. The number of aromatic nitrogens is 2. The molecule has 0 aliphatic rings. The first kappa shape index (κ1) is 11.9. The highest BCUT2D eigenvalue weighted by Gasteiger charge is 2.06. The van der Waals surface area contributed by atoms with Gasteiger partial charge in [0, 0.05) is 17.1 Å². The van der Waals surface area contributed by atoms with Gasteiger partial charge < -0.3 is 4.74 Å². The Balaban J connectivity index is 2.14. The molecule has 0 spiro atoms. The highest BCUT2D eigenvalue weighted by molar-refractivity contribution is 6.34. The zero-order valence-electron chi connectivity index (χ0n) is 10.3. The van der Waals surface area contributed by atoms with Crippen LogP contribution in [-0.2, 0) is 0 Å². The summed E-state index contributed by atoms with van der Waals surface area (Å²) in [5, 5.41) is 1.33. The van der Waals surface area contributed by atoms with Crippen molar-refractivity contribution in [1.29, 1.82) is 0 Å². The fourth-order valence-electron chi connectivity index (χ4n) is 1.94. The average Bonchev–Trinajstić information content (AvgIpc) is 2.47. The molecule has 3 aromatic rings. The van der Waals surface area contributed by atoms with Gasteiger partial charge in [-0.1, -0.05) is 11.6 Å². The normalized spacial score (nSPS) is 10.6. The van der Waals surface area contributed by atoms with E-state index in [4.69, 9.17) is 16.3 Å². The predicted molar refractivity (Wildman–Crippen MR) is 76.5 cm³/mol. The third kappa shape index (κ3) is 2.25. The van der Waals surface area contributed by atoms with Crippen LogP contribution in [0.3, 0.4) is 0 Å². The van der Waals surface area contributed by atoms with Crippen LogP contribution < -0.4 is 4.74 Å². The number of rotatable bonds is 2. The molecule has 94 valence electrons. The molecule has 0 aliphatic heterocycles. The lowest BCUT2D eigenvalue weighted by Crippen LogP contribution is -1.89. The lowest BCUT2D eigenvalue weighted by Gasteiger charge is -2.06. The van der Waals surface area contributed by atoms with Crippen molar-refractivity contribution >= 4 is 22.5 Å². The largest absolute Gasteiger partial charge is 0.497 e. The van der Waals surface area contributed by atoms with E-state index in [0.717, 1.165) is 27.9 Å². The van der Waals surface area contributed by atoms with E-state index in [1.165, 1.54) is 0 Å². The number of fused-ring (bicyclic) bond motifs is 1. The van der Waals surface area contributed by atoms with Crippen LogP contribution in [0.25, 0.3) is 22.2 Å². The van der Waals surface area contributed by atoms with E-state index in [2.05, 4.69) is 9.97 Å². The zero-order chi connectivity index (χ0) is 13.2. The number of nitrogens with zero attached hydrogens (tertiary/aromatic N) is 2. The van der Waals surface area contributed by atoms with Crippen molar-refractivity contribution in [3.05, 3.63) is 53.8 Å². The Morgan fingerprint density at radius 1 is 1.11 bits per heavy atom. The van der Waals surface area contributed by atoms with Gasteiger partial charge in [-0.3, -0.25) is 4.98 Å². The van der Waals surface area contributed by atoms with Crippen molar-refractivity contribution in [3.63, 3.8) is 0 Å². The maximum atomic E-state index is 6.19. The van der Waals surface area contributed by atoms with Crippen LogP contribution in [0.2, 0.25) is 5.15 Å². The van der Waals surface area contributed by atoms with Crippen LogP contribution >= 0.6 is 11.6 Å². The molecular formula is C15H11ClN2O. The summed E-state index contributed by atoms with van der Waals surface area (Å²) in [6.45, 7) is 0. The molecule has 0 aliphatic carbocycles. The number of methoxy groups -OCH3 is 1. The second kappa shape index (κ2) is 4.86. The van der Waals surface area contributed by atoms with Gasteiger partial charge in [0.25, 0.3) is 0 Å². The number of benzene rings is 1. The van der Waals surface area contributed by atoms with Crippen molar-refractivity contribution < 1.29 is 4.74 Å². The number of hydrogen-bond donors (Lipinski definition) is 0. The van der Waals surface area contributed by atoms with E-state index in [-0.39, 0.29) is 0 Å². The first-order valence-electron chi connectivity index (χ1n) is 5.83. The van der Waals surface area contributed by atoms with E-state index in [9.17, 15) is 0 Å². The molecule has 3 rings (SSSR count). The van der Waals surface area contributed by atoms with Crippen LogP contribution in [0.4, 0.5) is 0 Å². The summed E-state index contributed by atoms with van der Waals surface area (Å²) in [6.07, 6.45) is 1.75. The second-order valence-corrected chi connectivity index (χ2v) is 4.45. The van der Waals surface area contributed by atoms with E-state index in [0.29, 0.717) is 5.15 Å². The summed E-state index contributed by atoms with van der Waals surface area (Å²) >= 11 is 6.19. The summed E-state index contributed by atoms with van der Waals surface area (Å²) < 4.78 is 5.14. The molecule has 0 bridgehead atoms. The summed E-state index contributed by atoms with van der Waals surface area (Å²) in [4.78, 5) is 8.72. The molecule has 0 saturated carbocycles. The van der Waals surface area contributed by atoms with Crippen LogP contribution in [0.15, 0.2) is 48.7 Å². The van der Waals surface area contributed by atoms with Crippen LogP contribution in [0.5, 0.6) is 5.75 Å². The minimum absolute atomic E-state index is 0.469. The van der Waals surface area contributed by atoms with Gasteiger partial charge in [-0.25, -0.2) is 4.98 Å². The minimum atomic E-state index is 0.469. The molecule has 0 atom stereocenters. The SMILES string of the molecule is COc1ccc(-c2cc3ncccc3c(Cl)n2)cc1. The first-order chi connectivity index (χ1) is 9.28.